The molecule has 0 aromatic carbocycles. The summed E-state index contributed by atoms with van der Waals surface area (Å²) >= 11 is 0. The zero-order chi connectivity index (χ0) is 13.0. The van der Waals surface area contributed by atoms with E-state index in [0.717, 1.165) is 5.56 Å². The van der Waals surface area contributed by atoms with Gasteiger partial charge in [0, 0.05) is 18.5 Å². The van der Waals surface area contributed by atoms with Gasteiger partial charge < -0.3 is 4.90 Å². The zero-order valence-electron chi connectivity index (χ0n) is 9.50. The van der Waals surface area contributed by atoms with Gasteiger partial charge in [0.05, 0.1) is 0 Å². The van der Waals surface area contributed by atoms with E-state index in [1.165, 1.54) is 11.0 Å². The average molecular weight is 245 g/mol. The zero-order valence-corrected chi connectivity index (χ0v) is 9.50. The van der Waals surface area contributed by atoms with Crippen molar-refractivity contribution in [3.63, 3.8) is 0 Å². The van der Waals surface area contributed by atoms with E-state index in [4.69, 9.17) is 0 Å². The number of hydrogen-bond donors (Lipinski definition) is 1. The number of aromatic nitrogens is 1. The van der Waals surface area contributed by atoms with E-state index in [1.54, 1.807) is 30.6 Å². The fourth-order valence-corrected chi connectivity index (χ4v) is 1.54. The van der Waals surface area contributed by atoms with Crippen LogP contribution in [0.3, 0.4) is 0 Å². The first-order valence-electron chi connectivity index (χ1n) is 5.35. The molecule has 0 aliphatic carbocycles. The van der Waals surface area contributed by atoms with Crippen LogP contribution in [-0.2, 0) is 14.4 Å². The van der Waals surface area contributed by atoms with Crippen LogP contribution in [0.2, 0.25) is 0 Å². The molecule has 0 saturated carbocycles. The lowest BCUT2D eigenvalue weighted by Gasteiger charge is -2.24. The molecule has 18 heavy (non-hydrogen) atoms. The van der Waals surface area contributed by atoms with E-state index < -0.39 is 11.8 Å². The summed E-state index contributed by atoms with van der Waals surface area (Å²) in [5.74, 6) is -1.30. The Morgan fingerprint density at radius 2 is 2.06 bits per heavy atom. The van der Waals surface area contributed by atoms with Crippen LogP contribution in [0.1, 0.15) is 5.56 Å². The van der Waals surface area contributed by atoms with Gasteiger partial charge in [0.2, 0.25) is 17.7 Å². The number of rotatable bonds is 2. The van der Waals surface area contributed by atoms with E-state index in [0.29, 0.717) is 0 Å². The number of amides is 3. The molecule has 2 rings (SSSR count). The summed E-state index contributed by atoms with van der Waals surface area (Å²) in [6.45, 7) is -0.191. The van der Waals surface area contributed by atoms with Crippen molar-refractivity contribution in [2.75, 3.05) is 13.1 Å². The third-order valence-corrected chi connectivity index (χ3v) is 2.36. The van der Waals surface area contributed by atoms with Gasteiger partial charge in [-0.05, 0) is 17.7 Å². The summed E-state index contributed by atoms with van der Waals surface area (Å²) in [5.41, 5.74) is 0.777. The van der Waals surface area contributed by atoms with E-state index >= 15 is 0 Å². The Balaban J connectivity index is 2.02. The van der Waals surface area contributed by atoms with Gasteiger partial charge in [-0.25, -0.2) is 0 Å². The molecule has 6 nitrogen and oxygen atoms in total. The summed E-state index contributed by atoms with van der Waals surface area (Å²) in [5, 5.41) is 2.13. The lowest BCUT2D eigenvalue weighted by molar-refractivity contribution is -0.143. The SMILES string of the molecule is O=C1CN(C(=O)C=Cc2cccnc2)CC(=O)N1. The Bertz CT molecular complexity index is 495. The van der Waals surface area contributed by atoms with Gasteiger partial charge in [-0.1, -0.05) is 6.07 Å². The molecule has 0 bridgehead atoms. The number of pyridine rings is 1. The molecule has 0 spiro atoms. The molecular weight excluding hydrogens is 234 g/mol. The maximum Gasteiger partial charge on any atom is 0.247 e. The second-order valence-corrected chi connectivity index (χ2v) is 3.79. The predicted molar refractivity (Wildman–Crippen MR) is 63.0 cm³/mol. The van der Waals surface area contributed by atoms with Crippen LogP contribution in [-0.4, -0.2) is 40.7 Å². The first-order chi connectivity index (χ1) is 8.65. The van der Waals surface area contributed by atoms with Crippen molar-refractivity contribution < 1.29 is 14.4 Å². The fourth-order valence-electron chi connectivity index (χ4n) is 1.54. The molecule has 1 N–H and O–H groups in total. The molecule has 0 radical (unpaired) electrons. The molecule has 1 aromatic rings. The summed E-state index contributed by atoms with van der Waals surface area (Å²) in [6.07, 6.45) is 6.15. The minimum absolute atomic E-state index is 0.0953. The van der Waals surface area contributed by atoms with Crippen molar-refractivity contribution in [3.8, 4) is 0 Å². The van der Waals surface area contributed by atoms with E-state index in [1.807, 2.05) is 0 Å². The summed E-state index contributed by atoms with van der Waals surface area (Å²) in [7, 11) is 0. The lowest BCUT2D eigenvalue weighted by Crippen LogP contribution is -2.52. The van der Waals surface area contributed by atoms with Crippen LogP contribution < -0.4 is 5.32 Å². The van der Waals surface area contributed by atoms with Crippen molar-refractivity contribution >= 4 is 23.8 Å². The van der Waals surface area contributed by atoms with E-state index in [2.05, 4.69) is 10.3 Å². The average Bonchev–Trinajstić information content (AvgIpc) is 2.36. The van der Waals surface area contributed by atoms with Gasteiger partial charge in [0.15, 0.2) is 0 Å². The second-order valence-electron chi connectivity index (χ2n) is 3.79. The molecule has 92 valence electrons. The van der Waals surface area contributed by atoms with Crippen molar-refractivity contribution in [2.24, 2.45) is 0 Å². The third kappa shape index (κ3) is 3.00. The standard InChI is InChI=1S/C12H11N3O3/c16-10-7-15(8-11(17)14-10)12(18)4-3-9-2-1-5-13-6-9/h1-6H,7-8H2,(H,14,16,17). The number of nitrogens with zero attached hydrogens (tertiary/aromatic N) is 2. The highest BCUT2D eigenvalue weighted by Crippen LogP contribution is 2.02. The van der Waals surface area contributed by atoms with Gasteiger partial charge in [0.1, 0.15) is 13.1 Å². The van der Waals surface area contributed by atoms with Crippen LogP contribution in [0.5, 0.6) is 0 Å². The van der Waals surface area contributed by atoms with Crippen LogP contribution in [0.15, 0.2) is 30.6 Å². The van der Waals surface area contributed by atoms with E-state index in [9.17, 15) is 14.4 Å². The highest BCUT2D eigenvalue weighted by atomic mass is 16.2. The van der Waals surface area contributed by atoms with Crippen LogP contribution >= 0.6 is 0 Å². The van der Waals surface area contributed by atoms with Gasteiger partial charge in [-0.3, -0.25) is 24.7 Å². The lowest BCUT2D eigenvalue weighted by atomic mass is 10.2. The Hall–Kier alpha value is -2.50. The van der Waals surface area contributed by atoms with E-state index in [-0.39, 0.29) is 19.0 Å². The van der Waals surface area contributed by atoms with Gasteiger partial charge in [0.25, 0.3) is 0 Å². The third-order valence-electron chi connectivity index (χ3n) is 2.36. The molecular formula is C12H11N3O3. The first-order valence-corrected chi connectivity index (χ1v) is 5.35. The molecule has 6 heteroatoms. The Morgan fingerprint density at radius 3 is 2.67 bits per heavy atom. The quantitative estimate of drug-likeness (QED) is 0.567. The Morgan fingerprint density at radius 1 is 1.33 bits per heavy atom. The highest BCUT2D eigenvalue weighted by molar-refractivity contribution is 6.04. The molecule has 1 aliphatic heterocycles. The molecule has 0 atom stereocenters. The summed E-state index contributed by atoms with van der Waals surface area (Å²) in [4.78, 5) is 39.0. The highest BCUT2D eigenvalue weighted by Gasteiger charge is 2.24. The monoisotopic (exact) mass is 245 g/mol. The van der Waals surface area contributed by atoms with Crippen molar-refractivity contribution in [1.82, 2.24) is 15.2 Å². The number of hydrogen-bond acceptors (Lipinski definition) is 4. The minimum atomic E-state index is -0.464. The Kier molecular flexibility index (Phi) is 3.47. The molecule has 1 fully saturated rings. The van der Waals surface area contributed by atoms with Gasteiger partial charge >= 0.3 is 0 Å². The number of carbonyl (C=O) groups excluding carboxylic acids is 3. The Labute approximate surface area is 103 Å². The largest absolute Gasteiger partial charge is 0.321 e. The maximum absolute atomic E-state index is 11.7. The topological polar surface area (TPSA) is 79.4 Å². The number of piperazine rings is 1. The van der Waals surface area contributed by atoms with Crippen molar-refractivity contribution in [2.45, 2.75) is 0 Å². The van der Waals surface area contributed by atoms with Gasteiger partial charge in [-0.2, -0.15) is 0 Å². The van der Waals surface area contributed by atoms with Crippen molar-refractivity contribution in [3.05, 3.63) is 36.2 Å². The predicted octanol–water partition coefficient (Wildman–Crippen LogP) is -0.420. The van der Waals surface area contributed by atoms with Gasteiger partial charge in [-0.15, -0.1) is 0 Å². The van der Waals surface area contributed by atoms with Crippen LogP contribution in [0.4, 0.5) is 0 Å². The molecule has 1 aliphatic rings. The number of nitrogens with one attached hydrogen (secondary N) is 1. The fraction of sp³-hybridized carbons (Fsp3) is 0.167. The number of carbonyl (C=O) groups is 3. The first kappa shape index (κ1) is 12.0. The maximum atomic E-state index is 11.7. The van der Waals surface area contributed by atoms with Crippen LogP contribution in [0, 0.1) is 0 Å². The summed E-state index contributed by atoms with van der Waals surface area (Å²) in [6, 6.07) is 3.55. The normalized spacial score (nSPS) is 15.9. The molecule has 1 aromatic heterocycles. The van der Waals surface area contributed by atoms with Crippen molar-refractivity contribution in [1.29, 1.82) is 0 Å². The molecule has 1 saturated heterocycles. The minimum Gasteiger partial charge on any atom is -0.321 e. The van der Waals surface area contributed by atoms with Crippen LogP contribution in [0.25, 0.3) is 6.08 Å². The number of imide groups is 1. The second kappa shape index (κ2) is 5.22. The summed E-state index contributed by atoms with van der Waals surface area (Å²) < 4.78 is 0. The molecule has 3 amide bonds. The molecule has 2 heterocycles. The smallest absolute Gasteiger partial charge is 0.247 e. The molecule has 0 unspecified atom stereocenters.